The lowest BCUT2D eigenvalue weighted by Crippen LogP contribution is -2.52. The first-order valence-corrected chi connectivity index (χ1v) is 8.42. The van der Waals surface area contributed by atoms with Crippen molar-refractivity contribution >= 4 is 17.5 Å². The molecule has 1 aromatic carbocycles. The standard InChI is InChI=1S/C17H19ClN4O/c18-14-3-5-15(6-4-14)22-11-13(10-19-22)17(23)21-9-8-20-7-1-2-16(20)12-21/h3-6,10-11,16H,1-2,7-9,12H2. The normalized spacial score (nSPS) is 21.4. The fraction of sp³-hybridized carbons (Fsp3) is 0.412. The number of nitrogens with zero attached hydrogens (tertiary/aromatic N) is 4. The lowest BCUT2D eigenvalue weighted by atomic mass is 10.1. The number of halogens is 1. The van der Waals surface area contributed by atoms with Crippen LogP contribution < -0.4 is 0 Å². The van der Waals surface area contributed by atoms with Gasteiger partial charge in [0.25, 0.3) is 5.91 Å². The van der Waals surface area contributed by atoms with E-state index in [2.05, 4.69) is 10.00 Å². The highest BCUT2D eigenvalue weighted by Gasteiger charge is 2.33. The van der Waals surface area contributed by atoms with Gasteiger partial charge in [-0.15, -0.1) is 0 Å². The van der Waals surface area contributed by atoms with Crippen molar-refractivity contribution in [1.82, 2.24) is 19.6 Å². The molecule has 3 heterocycles. The lowest BCUT2D eigenvalue weighted by molar-refractivity contribution is 0.0571. The SMILES string of the molecule is O=C(c1cnn(-c2ccc(Cl)cc2)c1)N1CCN2CCCC2C1. The summed E-state index contributed by atoms with van der Waals surface area (Å²) < 4.78 is 1.72. The van der Waals surface area contributed by atoms with Crippen LogP contribution in [0, 0.1) is 0 Å². The summed E-state index contributed by atoms with van der Waals surface area (Å²) in [6.45, 7) is 3.81. The number of aromatic nitrogens is 2. The summed E-state index contributed by atoms with van der Waals surface area (Å²) in [6.07, 6.45) is 5.90. The van der Waals surface area contributed by atoms with Crippen molar-refractivity contribution in [2.75, 3.05) is 26.2 Å². The molecule has 1 unspecified atom stereocenters. The molecule has 1 atom stereocenters. The molecule has 5 nitrogen and oxygen atoms in total. The largest absolute Gasteiger partial charge is 0.336 e. The zero-order valence-electron chi connectivity index (χ0n) is 12.9. The molecule has 0 N–H and O–H groups in total. The third kappa shape index (κ3) is 2.86. The van der Waals surface area contributed by atoms with Gasteiger partial charge in [-0.2, -0.15) is 5.10 Å². The summed E-state index contributed by atoms with van der Waals surface area (Å²) in [7, 11) is 0. The Hall–Kier alpha value is -1.85. The molecule has 1 amide bonds. The van der Waals surface area contributed by atoms with Crippen molar-refractivity contribution in [3.63, 3.8) is 0 Å². The lowest BCUT2D eigenvalue weighted by Gasteiger charge is -2.37. The summed E-state index contributed by atoms with van der Waals surface area (Å²) in [4.78, 5) is 17.2. The molecule has 0 aliphatic carbocycles. The Bertz CT molecular complexity index is 712. The molecule has 4 rings (SSSR count). The molecular formula is C17H19ClN4O. The predicted octanol–water partition coefficient (Wildman–Crippen LogP) is 2.45. The van der Waals surface area contributed by atoms with Crippen LogP contribution in [0.5, 0.6) is 0 Å². The van der Waals surface area contributed by atoms with Crippen molar-refractivity contribution < 1.29 is 4.79 Å². The molecule has 2 saturated heterocycles. The van der Waals surface area contributed by atoms with Gasteiger partial charge in [-0.25, -0.2) is 4.68 Å². The van der Waals surface area contributed by atoms with Gasteiger partial charge >= 0.3 is 0 Å². The molecule has 2 aliphatic rings. The minimum Gasteiger partial charge on any atom is -0.336 e. The summed E-state index contributed by atoms with van der Waals surface area (Å²) in [5.41, 5.74) is 1.54. The van der Waals surface area contributed by atoms with Crippen molar-refractivity contribution in [3.8, 4) is 5.69 Å². The Labute approximate surface area is 140 Å². The van der Waals surface area contributed by atoms with E-state index in [-0.39, 0.29) is 5.91 Å². The average Bonchev–Trinajstić information content (AvgIpc) is 3.23. The Balaban J connectivity index is 1.50. The molecule has 2 fully saturated rings. The number of hydrogen-bond donors (Lipinski definition) is 0. The van der Waals surface area contributed by atoms with Crippen LogP contribution in [0.4, 0.5) is 0 Å². The summed E-state index contributed by atoms with van der Waals surface area (Å²) in [5, 5.41) is 5.00. The summed E-state index contributed by atoms with van der Waals surface area (Å²) in [5.74, 6) is 0.0803. The molecule has 0 saturated carbocycles. The van der Waals surface area contributed by atoms with E-state index >= 15 is 0 Å². The molecule has 1 aromatic heterocycles. The number of amides is 1. The molecule has 0 bridgehead atoms. The number of rotatable bonds is 2. The van der Waals surface area contributed by atoms with E-state index in [1.54, 1.807) is 17.1 Å². The van der Waals surface area contributed by atoms with Crippen LogP contribution in [0.25, 0.3) is 5.69 Å². The van der Waals surface area contributed by atoms with Crippen molar-refractivity contribution in [3.05, 3.63) is 47.2 Å². The highest BCUT2D eigenvalue weighted by molar-refractivity contribution is 6.30. The third-order valence-corrected chi connectivity index (χ3v) is 5.05. The highest BCUT2D eigenvalue weighted by Crippen LogP contribution is 2.22. The van der Waals surface area contributed by atoms with E-state index in [4.69, 9.17) is 11.6 Å². The molecule has 0 radical (unpaired) electrons. The van der Waals surface area contributed by atoms with E-state index in [1.807, 2.05) is 29.2 Å². The molecule has 2 aromatic rings. The van der Waals surface area contributed by atoms with Crippen LogP contribution in [-0.4, -0.2) is 57.7 Å². The topological polar surface area (TPSA) is 41.4 Å². The van der Waals surface area contributed by atoms with Gasteiger partial charge in [0, 0.05) is 36.9 Å². The van der Waals surface area contributed by atoms with Gasteiger partial charge in [-0.05, 0) is 43.7 Å². The number of benzene rings is 1. The van der Waals surface area contributed by atoms with Gasteiger partial charge in [0.05, 0.1) is 17.4 Å². The Morgan fingerprint density at radius 1 is 1.17 bits per heavy atom. The van der Waals surface area contributed by atoms with E-state index in [0.29, 0.717) is 16.6 Å². The number of piperazine rings is 1. The fourth-order valence-corrected chi connectivity index (χ4v) is 3.65. The molecule has 2 aliphatic heterocycles. The molecular weight excluding hydrogens is 312 g/mol. The number of hydrogen-bond acceptors (Lipinski definition) is 3. The van der Waals surface area contributed by atoms with Crippen LogP contribution in [0.15, 0.2) is 36.7 Å². The van der Waals surface area contributed by atoms with Crippen LogP contribution in [0.1, 0.15) is 23.2 Å². The second-order valence-electron chi connectivity index (χ2n) is 6.23. The van der Waals surface area contributed by atoms with Crippen molar-refractivity contribution in [2.24, 2.45) is 0 Å². The zero-order chi connectivity index (χ0) is 15.8. The number of fused-ring (bicyclic) bond motifs is 1. The van der Waals surface area contributed by atoms with E-state index in [0.717, 1.165) is 25.3 Å². The molecule has 120 valence electrons. The van der Waals surface area contributed by atoms with Crippen LogP contribution >= 0.6 is 11.6 Å². The monoisotopic (exact) mass is 330 g/mol. The van der Waals surface area contributed by atoms with E-state index in [1.165, 1.54) is 19.4 Å². The summed E-state index contributed by atoms with van der Waals surface area (Å²) >= 11 is 5.91. The van der Waals surface area contributed by atoms with Gasteiger partial charge in [0.1, 0.15) is 0 Å². The second-order valence-corrected chi connectivity index (χ2v) is 6.67. The predicted molar refractivity (Wildman–Crippen MR) is 89.1 cm³/mol. The Kier molecular flexibility index (Phi) is 3.83. The van der Waals surface area contributed by atoms with Crippen LogP contribution in [0.3, 0.4) is 0 Å². The van der Waals surface area contributed by atoms with Gasteiger partial charge < -0.3 is 4.90 Å². The van der Waals surface area contributed by atoms with Crippen LogP contribution in [0.2, 0.25) is 5.02 Å². The molecule has 23 heavy (non-hydrogen) atoms. The first-order valence-electron chi connectivity index (χ1n) is 8.05. The van der Waals surface area contributed by atoms with Crippen molar-refractivity contribution in [2.45, 2.75) is 18.9 Å². The molecule has 0 spiro atoms. The summed E-state index contributed by atoms with van der Waals surface area (Å²) in [6, 6.07) is 7.96. The Morgan fingerprint density at radius 2 is 2.00 bits per heavy atom. The van der Waals surface area contributed by atoms with Gasteiger partial charge in [0.2, 0.25) is 0 Å². The number of carbonyl (C=O) groups is 1. The number of carbonyl (C=O) groups excluding carboxylic acids is 1. The smallest absolute Gasteiger partial charge is 0.257 e. The highest BCUT2D eigenvalue weighted by atomic mass is 35.5. The second kappa shape index (κ2) is 5.98. The van der Waals surface area contributed by atoms with E-state index in [9.17, 15) is 4.79 Å². The van der Waals surface area contributed by atoms with Crippen molar-refractivity contribution in [1.29, 1.82) is 0 Å². The third-order valence-electron chi connectivity index (χ3n) is 4.80. The zero-order valence-corrected chi connectivity index (χ0v) is 13.6. The van der Waals surface area contributed by atoms with Gasteiger partial charge in [-0.1, -0.05) is 11.6 Å². The first kappa shape index (κ1) is 14.7. The maximum atomic E-state index is 12.7. The minimum atomic E-state index is 0.0803. The first-order chi connectivity index (χ1) is 11.2. The fourth-order valence-electron chi connectivity index (χ4n) is 3.53. The van der Waals surface area contributed by atoms with Gasteiger partial charge in [0.15, 0.2) is 0 Å². The maximum absolute atomic E-state index is 12.7. The Morgan fingerprint density at radius 3 is 2.83 bits per heavy atom. The maximum Gasteiger partial charge on any atom is 0.257 e. The minimum absolute atomic E-state index is 0.0803. The van der Waals surface area contributed by atoms with Crippen LogP contribution in [-0.2, 0) is 0 Å². The quantitative estimate of drug-likeness (QED) is 0.849. The molecule has 6 heteroatoms. The van der Waals surface area contributed by atoms with Gasteiger partial charge in [-0.3, -0.25) is 9.69 Å². The van der Waals surface area contributed by atoms with E-state index < -0.39 is 0 Å². The average molecular weight is 331 g/mol.